The Hall–Kier alpha value is -2.41. The number of nitrogens with zero attached hydrogens (tertiary/aromatic N) is 2. The van der Waals surface area contributed by atoms with Crippen LogP contribution in [0.2, 0.25) is 0 Å². The lowest BCUT2D eigenvalue weighted by molar-refractivity contribution is 0.0727. The number of nitrogens with one attached hydrogen (secondary N) is 1. The molecule has 2 heterocycles. The Morgan fingerprint density at radius 2 is 2.12 bits per heavy atom. The van der Waals surface area contributed by atoms with E-state index in [4.69, 9.17) is 4.74 Å². The topological polar surface area (TPSA) is 78.5 Å². The lowest BCUT2D eigenvalue weighted by Gasteiger charge is -2.17. The highest BCUT2D eigenvalue weighted by molar-refractivity contribution is 5.92. The largest absolute Gasteiger partial charge is 0.486 e. The Balaban J connectivity index is 1.68. The van der Waals surface area contributed by atoms with E-state index in [9.17, 15) is 14.3 Å². The highest BCUT2D eigenvalue weighted by Crippen LogP contribution is 2.23. The Bertz CT molecular complexity index is 769. The van der Waals surface area contributed by atoms with Gasteiger partial charge in [-0.3, -0.25) is 9.89 Å². The van der Waals surface area contributed by atoms with E-state index in [1.165, 1.54) is 23.1 Å². The number of carbonyl (C=O) groups excluding carboxylic acids is 1. The summed E-state index contributed by atoms with van der Waals surface area (Å²) in [5.74, 6) is -0.353. The molecule has 6 nitrogen and oxygen atoms in total. The summed E-state index contributed by atoms with van der Waals surface area (Å²) < 4.78 is 18.9. The Labute approximate surface area is 145 Å². The number of aliphatic hydroxyl groups excluding tert-OH is 1. The highest BCUT2D eigenvalue weighted by Gasteiger charge is 2.37. The smallest absolute Gasteiger partial charge is 0.274 e. The molecule has 2 aromatic rings. The van der Waals surface area contributed by atoms with E-state index in [1.807, 2.05) is 20.8 Å². The second-order valence-electron chi connectivity index (χ2n) is 7.31. The predicted octanol–water partition coefficient (Wildman–Crippen LogP) is 2.11. The molecule has 2 N–H and O–H groups in total. The average Bonchev–Trinajstić information content (AvgIpc) is 3.14. The van der Waals surface area contributed by atoms with Crippen molar-refractivity contribution in [3.63, 3.8) is 0 Å². The van der Waals surface area contributed by atoms with Crippen LogP contribution in [0.4, 0.5) is 4.39 Å². The molecule has 1 fully saturated rings. The monoisotopic (exact) mass is 347 g/mol. The first-order chi connectivity index (χ1) is 11.7. The van der Waals surface area contributed by atoms with Crippen molar-refractivity contribution in [1.29, 1.82) is 0 Å². The van der Waals surface area contributed by atoms with E-state index in [0.717, 1.165) is 5.69 Å². The minimum atomic E-state index is -0.840. The molecular formula is C18H22FN3O3. The molecule has 1 aromatic heterocycles. The van der Waals surface area contributed by atoms with Gasteiger partial charge in [-0.15, -0.1) is 0 Å². The van der Waals surface area contributed by atoms with Crippen LogP contribution in [0.5, 0.6) is 5.75 Å². The Morgan fingerprint density at radius 3 is 2.76 bits per heavy atom. The third-order valence-corrected chi connectivity index (χ3v) is 4.21. The van der Waals surface area contributed by atoms with Crippen molar-refractivity contribution in [3.8, 4) is 5.75 Å². The molecule has 1 aliphatic heterocycles. The van der Waals surface area contributed by atoms with Crippen LogP contribution in [0.1, 0.15) is 37.0 Å². The lowest BCUT2D eigenvalue weighted by atomic mass is 9.92. The molecule has 3 rings (SSSR count). The SMILES string of the molecule is CC(C)(C)c1cc(C(=O)N2C[C@@H](O)[C@H](Oc3cccc(F)c3)C2)n[nH]1. The third kappa shape index (κ3) is 3.82. The van der Waals surface area contributed by atoms with Gasteiger partial charge in [-0.05, 0) is 18.2 Å². The van der Waals surface area contributed by atoms with Crippen LogP contribution < -0.4 is 4.74 Å². The second kappa shape index (κ2) is 6.48. The Kier molecular flexibility index (Phi) is 4.51. The number of likely N-dealkylation sites (tertiary alicyclic amines) is 1. The molecule has 0 spiro atoms. The van der Waals surface area contributed by atoms with Crippen LogP contribution in [0.25, 0.3) is 0 Å². The number of hydrogen-bond acceptors (Lipinski definition) is 4. The van der Waals surface area contributed by atoms with Gasteiger partial charge in [0.1, 0.15) is 29.5 Å². The van der Waals surface area contributed by atoms with Gasteiger partial charge < -0.3 is 14.7 Å². The van der Waals surface area contributed by atoms with Gasteiger partial charge in [0.05, 0.1) is 13.1 Å². The predicted molar refractivity (Wildman–Crippen MR) is 90.0 cm³/mol. The van der Waals surface area contributed by atoms with E-state index in [2.05, 4.69) is 10.2 Å². The van der Waals surface area contributed by atoms with Crippen molar-refractivity contribution < 1.29 is 19.0 Å². The number of benzene rings is 1. The van der Waals surface area contributed by atoms with E-state index >= 15 is 0 Å². The zero-order valence-corrected chi connectivity index (χ0v) is 14.5. The fourth-order valence-corrected chi connectivity index (χ4v) is 2.73. The number of aliphatic hydroxyl groups is 1. The zero-order chi connectivity index (χ0) is 18.2. The van der Waals surface area contributed by atoms with Crippen molar-refractivity contribution in [2.45, 2.75) is 38.4 Å². The van der Waals surface area contributed by atoms with Gasteiger partial charge in [0.2, 0.25) is 0 Å². The zero-order valence-electron chi connectivity index (χ0n) is 14.5. The van der Waals surface area contributed by atoms with E-state index in [0.29, 0.717) is 11.4 Å². The van der Waals surface area contributed by atoms with Crippen molar-refractivity contribution in [3.05, 3.63) is 47.5 Å². The molecule has 1 aliphatic rings. The quantitative estimate of drug-likeness (QED) is 0.891. The van der Waals surface area contributed by atoms with Gasteiger partial charge in [-0.1, -0.05) is 26.8 Å². The van der Waals surface area contributed by atoms with Crippen molar-refractivity contribution in [2.24, 2.45) is 0 Å². The first-order valence-corrected chi connectivity index (χ1v) is 8.19. The first-order valence-electron chi connectivity index (χ1n) is 8.19. The number of amides is 1. The summed E-state index contributed by atoms with van der Waals surface area (Å²) in [6, 6.07) is 7.45. The number of aromatic nitrogens is 2. The fourth-order valence-electron chi connectivity index (χ4n) is 2.73. The van der Waals surface area contributed by atoms with Crippen LogP contribution in [0.3, 0.4) is 0 Å². The molecule has 0 aliphatic carbocycles. The van der Waals surface area contributed by atoms with Crippen molar-refractivity contribution >= 4 is 5.91 Å². The molecule has 0 saturated carbocycles. The van der Waals surface area contributed by atoms with Crippen LogP contribution in [-0.4, -0.2) is 51.4 Å². The van der Waals surface area contributed by atoms with Crippen molar-refractivity contribution in [2.75, 3.05) is 13.1 Å². The van der Waals surface area contributed by atoms with E-state index in [1.54, 1.807) is 12.1 Å². The minimum Gasteiger partial charge on any atom is -0.486 e. The molecule has 0 unspecified atom stereocenters. The van der Waals surface area contributed by atoms with E-state index < -0.39 is 18.0 Å². The maximum Gasteiger partial charge on any atom is 0.274 e. The number of ether oxygens (including phenoxy) is 1. The normalized spacial score (nSPS) is 20.8. The number of H-pyrrole nitrogens is 1. The fraction of sp³-hybridized carbons (Fsp3) is 0.444. The number of β-amino-alcohol motifs (C(OH)–C–C–N with tert-alkyl or cyclic N) is 1. The molecule has 134 valence electrons. The number of rotatable bonds is 3. The maximum atomic E-state index is 13.2. The number of halogens is 1. The minimum absolute atomic E-state index is 0.140. The average molecular weight is 347 g/mol. The number of hydrogen-bond donors (Lipinski definition) is 2. The lowest BCUT2D eigenvalue weighted by Crippen LogP contribution is -2.31. The molecule has 25 heavy (non-hydrogen) atoms. The molecular weight excluding hydrogens is 325 g/mol. The van der Waals surface area contributed by atoms with Gasteiger partial charge >= 0.3 is 0 Å². The summed E-state index contributed by atoms with van der Waals surface area (Å²) in [6.07, 6.45) is -1.44. The number of carbonyl (C=O) groups is 1. The highest BCUT2D eigenvalue weighted by atomic mass is 19.1. The van der Waals surface area contributed by atoms with Crippen molar-refractivity contribution in [1.82, 2.24) is 15.1 Å². The van der Waals surface area contributed by atoms with Gasteiger partial charge in [0.15, 0.2) is 0 Å². The molecule has 0 radical (unpaired) electrons. The van der Waals surface area contributed by atoms with E-state index in [-0.39, 0.29) is 24.4 Å². The summed E-state index contributed by atoms with van der Waals surface area (Å²) in [7, 11) is 0. The molecule has 7 heteroatoms. The van der Waals surface area contributed by atoms with Gasteiger partial charge in [0.25, 0.3) is 5.91 Å². The molecule has 1 amide bonds. The number of aromatic amines is 1. The molecule has 0 bridgehead atoms. The van der Waals surface area contributed by atoms with Crippen LogP contribution in [-0.2, 0) is 5.41 Å². The molecule has 1 aromatic carbocycles. The summed E-state index contributed by atoms with van der Waals surface area (Å²) >= 11 is 0. The molecule has 1 saturated heterocycles. The summed E-state index contributed by atoms with van der Waals surface area (Å²) in [5.41, 5.74) is 1.03. The molecule has 2 atom stereocenters. The Morgan fingerprint density at radius 1 is 1.36 bits per heavy atom. The standard InChI is InChI=1S/C18H22FN3O3/c1-18(2,3)16-8-13(20-21-16)17(24)22-9-14(23)15(10-22)25-12-6-4-5-11(19)7-12/h4-8,14-15,23H,9-10H2,1-3H3,(H,20,21)/t14-,15-/m1/s1. The summed E-state index contributed by atoms with van der Waals surface area (Å²) in [4.78, 5) is 14.1. The third-order valence-electron chi connectivity index (χ3n) is 4.21. The van der Waals surface area contributed by atoms with Gasteiger partial charge in [0, 0.05) is 17.2 Å². The van der Waals surface area contributed by atoms with Crippen LogP contribution in [0, 0.1) is 5.82 Å². The summed E-state index contributed by atoms with van der Waals surface area (Å²) in [6.45, 7) is 6.44. The van der Waals surface area contributed by atoms with Gasteiger partial charge in [-0.25, -0.2) is 4.39 Å². The van der Waals surface area contributed by atoms with Crippen LogP contribution in [0.15, 0.2) is 30.3 Å². The maximum absolute atomic E-state index is 13.2. The first kappa shape index (κ1) is 17.4. The second-order valence-corrected chi connectivity index (χ2v) is 7.31. The van der Waals surface area contributed by atoms with Crippen LogP contribution >= 0.6 is 0 Å². The van der Waals surface area contributed by atoms with Gasteiger partial charge in [-0.2, -0.15) is 5.10 Å². The summed E-state index contributed by atoms with van der Waals surface area (Å²) in [5, 5.41) is 17.1.